The molecule has 1 N–H and O–H groups in total. The van der Waals surface area contributed by atoms with Gasteiger partial charge in [0.05, 0.1) is 4.90 Å². The number of anilines is 1. The standard InChI is InChI=1S/C13H16F2N2O3S/c1-17-8-10(4-7-12(17)18)16-9-2-5-11(6-3-9)21(19,20)13(14)15/h2-3,5-6,10,13,16H,4,7-8H2,1H3. The fourth-order valence-corrected chi connectivity index (χ4v) is 2.93. The lowest BCUT2D eigenvalue weighted by Gasteiger charge is -2.30. The van der Waals surface area contributed by atoms with Crippen LogP contribution in [0.15, 0.2) is 29.2 Å². The number of rotatable bonds is 4. The molecular weight excluding hydrogens is 302 g/mol. The van der Waals surface area contributed by atoms with E-state index in [4.69, 9.17) is 0 Å². The SMILES string of the molecule is CN1CC(Nc2ccc(S(=O)(=O)C(F)F)cc2)CCC1=O. The molecule has 1 fully saturated rings. The van der Waals surface area contributed by atoms with Crippen molar-refractivity contribution in [1.82, 2.24) is 4.90 Å². The van der Waals surface area contributed by atoms with Crippen molar-refractivity contribution < 1.29 is 22.0 Å². The maximum atomic E-state index is 12.4. The second-order valence-electron chi connectivity index (χ2n) is 4.98. The first-order valence-electron chi connectivity index (χ1n) is 6.43. The van der Waals surface area contributed by atoms with Gasteiger partial charge in [0, 0.05) is 31.7 Å². The molecule has 1 heterocycles. The molecule has 116 valence electrons. The molecule has 1 aliphatic rings. The summed E-state index contributed by atoms with van der Waals surface area (Å²) in [6, 6.07) is 5.27. The first-order valence-corrected chi connectivity index (χ1v) is 7.98. The van der Waals surface area contributed by atoms with Gasteiger partial charge in [0.1, 0.15) is 0 Å². The van der Waals surface area contributed by atoms with E-state index in [2.05, 4.69) is 5.32 Å². The molecule has 1 aromatic rings. The normalized spacial score (nSPS) is 19.9. The van der Waals surface area contributed by atoms with Gasteiger partial charge in [-0.1, -0.05) is 0 Å². The van der Waals surface area contributed by atoms with Gasteiger partial charge in [-0.05, 0) is 30.7 Å². The smallest absolute Gasteiger partial charge is 0.341 e. The molecule has 1 aliphatic heterocycles. The molecule has 21 heavy (non-hydrogen) atoms. The van der Waals surface area contributed by atoms with Crippen LogP contribution in [0.3, 0.4) is 0 Å². The molecule has 0 saturated carbocycles. The van der Waals surface area contributed by atoms with Crippen LogP contribution < -0.4 is 5.32 Å². The maximum Gasteiger partial charge on any atom is 0.341 e. The molecule has 1 atom stereocenters. The summed E-state index contributed by atoms with van der Waals surface area (Å²) in [6.07, 6.45) is 1.13. The van der Waals surface area contributed by atoms with Crippen molar-refractivity contribution >= 4 is 21.4 Å². The van der Waals surface area contributed by atoms with Crippen LogP contribution in [0.1, 0.15) is 12.8 Å². The minimum absolute atomic E-state index is 0.0604. The third kappa shape index (κ3) is 3.49. The van der Waals surface area contributed by atoms with E-state index in [-0.39, 0.29) is 11.9 Å². The van der Waals surface area contributed by atoms with Gasteiger partial charge in [-0.2, -0.15) is 8.78 Å². The van der Waals surface area contributed by atoms with Crippen LogP contribution in [-0.4, -0.2) is 44.6 Å². The third-order valence-electron chi connectivity index (χ3n) is 3.41. The Balaban J connectivity index is 2.05. The summed E-state index contributed by atoms with van der Waals surface area (Å²) in [5, 5.41) is 3.16. The highest BCUT2D eigenvalue weighted by Gasteiger charge is 2.26. The number of benzene rings is 1. The van der Waals surface area contributed by atoms with Gasteiger partial charge in [-0.15, -0.1) is 0 Å². The van der Waals surface area contributed by atoms with Crippen LogP contribution in [0, 0.1) is 0 Å². The summed E-state index contributed by atoms with van der Waals surface area (Å²) < 4.78 is 47.4. The molecule has 0 spiro atoms. The van der Waals surface area contributed by atoms with E-state index in [1.165, 1.54) is 12.1 Å². The first kappa shape index (κ1) is 15.7. The summed E-state index contributed by atoms with van der Waals surface area (Å²) in [5.41, 5.74) is 0.635. The number of carbonyl (C=O) groups is 1. The molecule has 0 aromatic heterocycles. The highest BCUT2D eigenvalue weighted by molar-refractivity contribution is 7.91. The van der Waals surface area contributed by atoms with E-state index in [0.717, 1.165) is 12.1 Å². The molecule has 8 heteroatoms. The van der Waals surface area contributed by atoms with E-state index < -0.39 is 20.5 Å². The van der Waals surface area contributed by atoms with Crippen LogP contribution in [0.2, 0.25) is 0 Å². The van der Waals surface area contributed by atoms with Gasteiger partial charge < -0.3 is 10.2 Å². The van der Waals surface area contributed by atoms with E-state index in [0.29, 0.717) is 25.1 Å². The van der Waals surface area contributed by atoms with E-state index in [9.17, 15) is 22.0 Å². The highest BCUT2D eigenvalue weighted by Crippen LogP contribution is 2.21. The lowest BCUT2D eigenvalue weighted by atomic mass is 10.1. The monoisotopic (exact) mass is 318 g/mol. The molecule has 0 radical (unpaired) electrons. The Labute approximate surface area is 121 Å². The second kappa shape index (κ2) is 5.97. The maximum absolute atomic E-state index is 12.4. The van der Waals surface area contributed by atoms with E-state index >= 15 is 0 Å². The number of alkyl halides is 2. The molecule has 0 bridgehead atoms. The number of sulfone groups is 1. The Morgan fingerprint density at radius 2 is 1.90 bits per heavy atom. The number of hydrogen-bond donors (Lipinski definition) is 1. The molecule has 5 nitrogen and oxygen atoms in total. The van der Waals surface area contributed by atoms with E-state index in [1.54, 1.807) is 11.9 Å². The Morgan fingerprint density at radius 3 is 2.43 bits per heavy atom. The van der Waals surface area contributed by atoms with Crippen LogP contribution in [0.25, 0.3) is 0 Å². The lowest BCUT2D eigenvalue weighted by Crippen LogP contribution is -2.43. The van der Waals surface area contributed by atoms with Gasteiger partial charge in [0.15, 0.2) is 0 Å². The van der Waals surface area contributed by atoms with Crippen molar-refractivity contribution in [3.8, 4) is 0 Å². The molecule has 1 saturated heterocycles. The van der Waals surface area contributed by atoms with Gasteiger partial charge in [0.2, 0.25) is 15.7 Å². The molecular formula is C13H16F2N2O3S. The fourth-order valence-electron chi connectivity index (χ4n) is 2.21. The number of carbonyl (C=O) groups excluding carboxylic acids is 1. The van der Waals surface area contributed by atoms with Gasteiger partial charge >= 0.3 is 5.76 Å². The minimum Gasteiger partial charge on any atom is -0.381 e. The highest BCUT2D eigenvalue weighted by atomic mass is 32.2. The van der Waals surface area contributed by atoms with Crippen molar-refractivity contribution in [1.29, 1.82) is 0 Å². The summed E-state index contributed by atoms with van der Waals surface area (Å²) in [7, 11) is -2.84. The zero-order chi connectivity index (χ0) is 15.6. The number of halogens is 2. The number of hydrogen-bond acceptors (Lipinski definition) is 4. The Morgan fingerprint density at radius 1 is 1.29 bits per heavy atom. The number of amides is 1. The van der Waals surface area contributed by atoms with Gasteiger partial charge in [0.25, 0.3) is 0 Å². The van der Waals surface area contributed by atoms with Crippen molar-refractivity contribution in [2.24, 2.45) is 0 Å². The van der Waals surface area contributed by atoms with Crippen LogP contribution in [-0.2, 0) is 14.6 Å². The van der Waals surface area contributed by atoms with E-state index in [1.807, 2.05) is 0 Å². The quantitative estimate of drug-likeness (QED) is 0.918. The molecule has 1 amide bonds. The van der Waals surface area contributed by atoms with Crippen molar-refractivity contribution in [3.05, 3.63) is 24.3 Å². The molecule has 0 aliphatic carbocycles. The van der Waals surface area contributed by atoms with Crippen LogP contribution >= 0.6 is 0 Å². The number of likely N-dealkylation sites (N-methyl/N-ethyl adjacent to an activating group) is 1. The molecule has 1 unspecified atom stereocenters. The molecule has 2 rings (SSSR count). The third-order valence-corrected chi connectivity index (χ3v) is 4.81. The Hall–Kier alpha value is -1.70. The van der Waals surface area contributed by atoms with Crippen LogP contribution in [0.5, 0.6) is 0 Å². The summed E-state index contributed by atoms with van der Waals surface area (Å²) in [6.45, 7) is 0.552. The predicted octanol–water partition coefficient (Wildman–Crippen LogP) is 1.72. The average molecular weight is 318 g/mol. The minimum atomic E-state index is -4.56. The Kier molecular flexibility index (Phi) is 4.46. The fraction of sp³-hybridized carbons (Fsp3) is 0.462. The van der Waals surface area contributed by atoms with Crippen molar-refractivity contribution in [2.75, 3.05) is 18.9 Å². The average Bonchev–Trinajstić information content (AvgIpc) is 2.43. The predicted molar refractivity (Wildman–Crippen MR) is 73.9 cm³/mol. The first-order chi connectivity index (χ1) is 9.80. The zero-order valence-electron chi connectivity index (χ0n) is 11.4. The Bertz CT molecular complexity index is 617. The second-order valence-corrected chi connectivity index (χ2v) is 6.90. The zero-order valence-corrected chi connectivity index (χ0v) is 12.2. The summed E-state index contributed by atoms with van der Waals surface area (Å²) >= 11 is 0. The number of likely N-dealkylation sites (tertiary alicyclic amines) is 1. The van der Waals surface area contributed by atoms with Gasteiger partial charge in [-0.25, -0.2) is 8.42 Å². The van der Waals surface area contributed by atoms with Crippen molar-refractivity contribution in [2.45, 2.75) is 29.5 Å². The van der Waals surface area contributed by atoms with Crippen LogP contribution in [0.4, 0.5) is 14.5 Å². The lowest BCUT2D eigenvalue weighted by molar-refractivity contribution is -0.132. The summed E-state index contributed by atoms with van der Waals surface area (Å²) in [5.74, 6) is -3.33. The van der Waals surface area contributed by atoms with Crippen molar-refractivity contribution in [3.63, 3.8) is 0 Å². The number of nitrogens with zero attached hydrogens (tertiary/aromatic N) is 1. The topological polar surface area (TPSA) is 66.5 Å². The number of nitrogens with one attached hydrogen (secondary N) is 1. The number of piperidine rings is 1. The van der Waals surface area contributed by atoms with Gasteiger partial charge in [-0.3, -0.25) is 4.79 Å². The molecule has 1 aromatic carbocycles. The summed E-state index contributed by atoms with van der Waals surface area (Å²) in [4.78, 5) is 12.6. The largest absolute Gasteiger partial charge is 0.381 e.